The standard InChI is InChI=1S/C55H33N3O2/c1-3-12-34(13-4-1)40-30-31-44-48(32-40)56-52(51-45-17-8-10-21-50(45)60-54(44)51)38-26-24-37(25-27-38)47-33-46(36-14-5-2-6-15-36)57-55(58-47)39-28-22-35(23-29-39)41-18-11-19-43-42-16-7-9-20-49(42)59-53(41)43/h1-33H. The Morgan fingerprint density at radius 2 is 0.867 bits per heavy atom. The summed E-state index contributed by atoms with van der Waals surface area (Å²) in [5.41, 5.74) is 15.2. The first-order valence-electron chi connectivity index (χ1n) is 20.1. The topological polar surface area (TPSA) is 65.0 Å². The number of para-hydroxylation sites is 3. The van der Waals surface area contributed by atoms with E-state index >= 15 is 0 Å². The quantitative estimate of drug-likeness (QED) is 0.169. The molecule has 5 nitrogen and oxygen atoms in total. The van der Waals surface area contributed by atoms with Crippen LogP contribution in [0.2, 0.25) is 0 Å². The monoisotopic (exact) mass is 767 g/mol. The van der Waals surface area contributed by atoms with E-state index < -0.39 is 0 Å². The second kappa shape index (κ2) is 13.8. The van der Waals surface area contributed by atoms with Crippen LogP contribution in [0.4, 0.5) is 0 Å². The zero-order valence-electron chi connectivity index (χ0n) is 32.2. The summed E-state index contributed by atoms with van der Waals surface area (Å²) >= 11 is 0. The van der Waals surface area contributed by atoms with E-state index in [1.54, 1.807) is 0 Å². The van der Waals surface area contributed by atoms with Crippen molar-refractivity contribution in [1.82, 2.24) is 15.0 Å². The van der Waals surface area contributed by atoms with Crippen molar-refractivity contribution < 1.29 is 8.83 Å². The molecule has 0 saturated carbocycles. The molecule has 280 valence electrons. The summed E-state index contributed by atoms with van der Waals surface area (Å²) in [6.07, 6.45) is 0. The molecule has 0 amide bonds. The molecule has 0 N–H and O–H groups in total. The van der Waals surface area contributed by atoms with Crippen LogP contribution in [0.25, 0.3) is 122 Å². The number of hydrogen-bond donors (Lipinski definition) is 0. The van der Waals surface area contributed by atoms with Gasteiger partial charge in [-0.15, -0.1) is 0 Å². The van der Waals surface area contributed by atoms with Gasteiger partial charge in [0.25, 0.3) is 0 Å². The van der Waals surface area contributed by atoms with Gasteiger partial charge in [0.2, 0.25) is 0 Å². The van der Waals surface area contributed by atoms with Crippen LogP contribution in [-0.4, -0.2) is 15.0 Å². The van der Waals surface area contributed by atoms with Gasteiger partial charge in [-0.05, 0) is 47.0 Å². The first-order valence-corrected chi connectivity index (χ1v) is 20.1. The molecule has 0 spiro atoms. The molecular formula is C55H33N3O2. The molecule has 0 bridgehead atoms. The highest BCUT2D eigenvalue weighted by molar-refractivity contribution is 6.19. The van der Waals surface area contributed by atoms with Gasteiger partial charge in [0.15, 0.2) is 5.82 Å². The van der Waals surface area contributed by atoms with Crippen LogP contribution in [0.1, 0.15) is 0 Å². The molecule has 0 aliphatic heterocycles. The lowest BCUT2D eigenvalue weighted by molar-refractivity contribution is 0.670. The van der Waals surface area contributed by atoms with Gasteiger partial charge in [-0.1, -0.05) is 170 Å². The highest BCUT2D eigenvalue weighted by Crippen LogP contribution is 2.41. The largest absolute Gasteiger partial charge is 0.455 e. The van der Waals surface area contributed by atoms with Gasteiger partial charge < -0.3 is 8.83 Å². The van der Waals surface area contributed by atoms with Gasteiger partial charge in [-0.2, -0.15) is 0 Å². The van der Waals surface area contributed by atoms with Gasteiger partial charge in [0.1, 0.15) is 22.3 Å². The predicted molar refractivity (Wildman–Crippen MR) is 245 cm³/mol. The fourth-order valence-corrected chi connectivity index (χ4v) is 8.54. The lowest BCUT2D eigenvalue weighted by atomic mass is 9.98. The molecule has 0 aliphatic rings. The molecule has 8 aromatic carbocycles. The molecule has 0 saturated heterocycles. The van der Waals surface area contributed by atoms with Crippen molar-refractivity contribution in [1.29, 1.82) is 0 Å². The molecule has 0 aliphatic carbocycles. The van der Waals surface area contributed by atoms with E-state index in [1.165, 1.54) is 0 Å². The fourth-order valence-electron chi connectivity index (χ4n) is 8.54. The molecule has 4 heterocycles. The first kappa shape index (κ1) is 33.9. The van der Waals surface area contributed by atoms with Crippen LogP contribution in [0.3, 0.4) is 0 Å². The van der Waals surface area contributed by atoms with E-state index in [-0.39, 0.29) is 0 Å². The molecule has 12 rings (SSSR count). The summed E-state index contributed by atoms with van der Waals surface area (Å²) < 4.78 is 12.9. The van der Waals surface area contributed by atoms with E-state index in [9.17, 15) is 0 Å². The third-order valence-electron chi connectivity index (χ3n) is 11.5. The van der Waals surface area contributed by atoms with Crippen LogP contribution in [0, 0.1) is 0 Å². The minimum absolute atomic E-state index is 0.654. The number of rotatable bonds is 6. The molecule has 5 heteroatoms. The van der Waals surface area contributed by atoms with Crippen molar-refractivity contribution in [2.75, 3.05) is 0 Å². The Morgan fingerprint density at radius 3 is 1.62 bits per heavy atom. The van der Waals surface area contributed by atoms with E-state index in [4.69, 9.17) is 23.8 Å². The smallest absolute Gasteiger partial charge is 0.160 e. The fraction of sp³-hybridized carbons (Fsp3) is 0. The predicted octanol–water partition coefficient (Wildman–Crippen LogP) is 14.8. The molecule has 0 fully saturated rings. The summed E-state index contributed by atoms with van der Waals surface area (Å²) in [4.78, 5) is 15.7. The normalized spacial score (nSPS) is 11.7. The van der Waals surface area contributed by atoms with Gasteiger partial charge in [-0.25, -0.2) is 15.0 Å². The third-order valence-corrected chi connectivity index (χ3v) is 11.5. The summed E-state index contributed by atoms with van der Waals surface area (Å²) in [5.74, 6) is 0.654. The van der Waals surface area contributed by atoms with Crippen LogP contribution in [-0.2, 0) is 0 Å². The molecular weight excluding hydrogens is 735 g/mol. The van der Waals surface area contributed by atoms with Crippen LogP contribution < -0.4 is 0 Å². The Bertz CT molecular complexity index is 3570. The number of nitrogens with zero attached hydrogens (tertiary/aromatic N) is 3. The molecule has 0 radical (unpaired) electrons. The SMILES string of the molecule is c1ccc(-c2ccc3c(c2)nc(-c2ccc(-c4cc(-c5ccccc5)nc(-c5ccc(-c6cccc7c6oc6ccccc67)cc5)n4)cc2)c2c4ccccc4oc32)cc1. The number of furan rings is 2. The summed E-state index contributed by atoms with van der Waals surface area (Å²) in [6.45, 7) is 0. The maximum absolute atomic E-state index is 6.58. The molecule has 4 aromatic heterocycles. The molecule has 0 atom stereocenters. The lowest BCUT2D eigenvalue weighted by Crippen LogP contribution is -1.96. The van der Waals surface area contributed by atoms with Gasteiger partial charge in [0.05, 0.1) is 28.0 Å². The maximum Gasteiger partial charge on any atom is 0.160 e. The van der Waals surface area contributed by atoms with Crippen molar-refractivity contribution in [2.45, 2.75) is 0 Å². The van der Waals surface area contributed by atoms with Crippen LogP contribution in [0.15, 0.2) is 209 Å². The van der Waals surface area contributed by atoms with Crippen molar-refractivity contribution in [3.8, 4) is 67.4 Å². The van der Waals surface area contributed by atoms with E-state index in [0.717, 1.165) is 116 Å². The Kier molecular flexibility index (Phi) is 7.78. The second-order valence-electron chi connectivity index (χ2n) is 15.1. The summed E-state index contributed by atoms with van der Waals surface area (Å²) in [7, 11) is 0. The van der Waals surface area contributed by atoms with Crippen LogP contribution in [0.5, 0.6) is 0 Å². The van der Waals surface area contributed by atoms with E-state index in [0.29, 0.717) is 5.82 Å². The number of aromatic nitrogens is 3. The molecule has 0 unspecified atom stereocenters. The summed E-state index contributed by atoms with van der Waals surface area (Å²) in [6, 6.07) is 68.9. The van der Waals surface area contributed by atoms with Crippen molar-refractivity contribution in [3.63, 3.8) is 0 Å². The van der Waals surface area contributed by atoms with Crippen LogP contribution >= 0.6 is 0 Å². The van der Waals surface area contributed by atoms with Crippen molar-refractivity contribution >= 4 is 54.8 Å². The summed E-state index contributed by atoms with van der Waals surface area (Å²) in [5, 5.41) is 5.27. The van der Waals surface area contributed by atoms with E-state index in [1.807, 2.05) is 54.6 Å². The highest BCUT2D eigenvalue weighted by atomic mass is 16.3. The zero-order chi connectivity index (χ0) is 39.6. The van der Waals surface area contributed by atoms with Gasteiger partial charge in [0, 0.05) is 49.4 Å². The Labute approximate surface area is 344 Å². The minimum atomic E-state index is 0.654. The lowest BCUT2D eigenvalue weighted by Gasteiger charge is -2.11. The number of fused-ring (bicyclic) bond motifs is 8. The maximum atomic E-state index is 6.58. The van der Waals surface area contributed by atoms with E-state index in [2.05, 4.69) is 146 Å². The molecule has 60 heavy (non-hydrogen) atoms. The highest BCUT2D eigenvalue weighted by Gasteiger charge is 2.19. The third kappa shape index (κ3) is 5.67. The second-order valence-corrected chi connectivity index (χ2v) is 15.1. The van der Waals surface area contributed by atoms with Crippen molar-refractivity contribution in [2.24, 2.45) is 0 Å². The first-order chi connectivity index (χ1) is 29.7. The number of hydrogen-bond acceptors (Lipinski definition) is 5. The minimum Gasteiger partial charge on any atom is -0.455 e. The van der Waals surface area contributed by atoms with Gasteiger partial charge >= 0.3 is 0 Å². The Hall–Kier alpha value is -8.15. The Balaban J connectivity index is 0.957. The number of pyridine rings is 1. The zero-order valence-corrected chi connectivity index (χ0v) is 32.2. The van der Waals surface area contributed by atoms with Gasteiger partial charge in [-0.3, -0.25) is 0 Å². The average Bonchev–Trinajstić information content (AvgIpc) is 3.91. The molecule has 12 aromatic rings. The van der Waals surface area contributed by atoms with Crippen molar-refractivity contribution in [3.05, 3.63) is 200 Å². The number of benzene rings is 8. The Morgan fingerprint density at radius 1 is 0.317 bits per heavy atom. The average molecular weight is 768 g/mol.